The number of fused-ring (bicyclic) bond motifs is 1. The second-order valence-corrected chi connectivity index (χ2v) is 11.5. The Labute approximate surface area is 246 Å². The van der Waals surface area contributed by atoms with Crippen LogP contribution in [0.5, 0.6) is 0 Å². The summed E-state index contributed by atoms with van der Waals surface area (Å²) in [6, 6.07) is 8.19. The third-order valence-corrected chi connectivity index (χ3v) is 8.55. The number of anilines is 1. The summed E-state index contributed by atoms with van der Waals surface area (Å²) in [6.07, 6.45) is 2.98. The summed E-state index contributed by atoms with van der Waals surface area (Å²) in [4.78, 5) is 36.9. The summed E-state index contributed by atoms with van der Waals surface area (Å²) in [6.45, 7) is 4.21. The number of aromatic nitrogens is 6. The van der Waals surface area contributed by atoms with Gasteiger partial charge in [0.1, 0.15) is 17.8 Å². The molecule has 0 saturated carbocycles. The Morgan fingerprint density at radius 3 is 2.49 bits per heavy atom. The minimum absolute atomic E-state index is 0.00613. The van der Waals surface area contributed by atoms with Crippen molar-refractivity contribution in [2.75, 3.05) is 51.2 Å². The number of benzene rings is 1. The fourth-order valence-electron chi connectivity index (χ4n) is 5.87. The Hall–Kier alpha value is -4.17. The van der Waals surface area contributed by atoms with Gasteiger partial charge in [0, 0.05) is 57.3 Å². The third kappa shape index (κ3) is 6.02. The molecule has 14 heteroatoms. The number of likely N-dealkylation sites (N-methyl/N-ethyl adjacent to an activating group) is 1. The number of piperidine rings is 1. The lowest BCUT2D eigenvalue weighted by atomic mass is 9.91. The van der Waals surface area contributed by atoms with E-state index in [9.17, 15) is 23.5 Å². The highest BCUT2D eigenvalue weighted by atomic mass is 19.3. The smallest absolute Gasteiger partial charge is 0.264 e. The van der Waals surface area contributed by atoms with Crippen molar-refractivity contribution in [1.29, 1.82) is 0 Å². The Bertz CT molecular complexity index is 1620. The molecule has 0 unspecified atom stereocenters. The molecule has 1 amide bonds. The summed E-state index contributed by atoms with van der Waals surface area (Å²) < 4.78 is 31.3. The molecular weight excluding hydrogens is 560 g/mol. The van der Waals surface area contributed by atoms with Crippen LogP contribution >= 0.6 is 0 Å². The molecule has 2 fully saturated rings. The van der Waals surface area contributed by atoms with Crippen molar-refractivity contribution in [3.8, 4) is 5.69 Å². The van der Waals surface area contributed by atoms with Gasteiger partial charge in [-0.15, -0.1) is 0 Å². The minimum atomic E-state index is -2.75. The second kappa shape index (κ2) is 11.8. The number of hydrogen-bond donors (Lipinski definition) is 1. The van der Waals surface area contributed by atoms with E-state index in [0.29, 0.717) is 11.0 Å². The lowest BCUT2D eigenvalue weighted by molar-refractivity contribution is -0.138. The molecule has 5 heterocycles. The Balaban J connectivity index is 1.13. The Morgan fingerprint density at radius 1 is 1.05 bits per heavy atom. The number of rotatable bonds is 8. The monoisotopic (exact) mass is 595 g/mol. The van der Waals surface area contributed by atoms with E-state index in [-0.39, 0.29) is 44.5 Å². The number of halogens is 2. The quantitative estimate of drug-likeness (QED) is 0.328. The van der Waals surface area contributed by atoms with Crippen molar-refractivity contribution in [2.45, 2.75) is 43.9 Å². The molecule has 0 aliphatic carbocycles. The zero-order valence-corrected chi connectivity index (χ0v) is 24.0. The van der Waals surface area contributed by atoms with E-state index in [2.05, 4.69) is 38.1 Å². The van der Waals surface area contributed by atoms with E-state index in [1.54, 1.807) is 4.68 Å². The van der Waals surface area contributed by atoms with Crippen LogP contribution in [-0.2, 0) is 11.3 Å². The normalized spacial score (nSPS) is 18.4. The first-order valence-electron chi connectivity index (χ1n) is 14.5. The molecule has 2 saturated heterocycles. The van der Waals surface area contributed by atoms with Gasteiger partial charge in [0.2, 0.25) is 5.91 Å². The maximum Gasteiger partial charge on any atom is 0.264 e. The van der Waals surface area contributed by atoms with Crippen molar-refractivity contribution in [3.63, 3.8) is 0 Å². The fourth-order valence-corrected chi connectivity index (χ4v) is 5.87. The average Bonchev–Trinajstić information content (AvgIpc) is 3.69. The van der Waals surface area contributed by atoms with Crippen molar-refractivity contribution >= 4 is 22.6 Å². The molecule has 228 valence electrons. The minimum Gasteiger partial charge on any atom is -0.388 e. The van der Waals surface area contributed by atoms with Crippen LogP contribution in [0.1, 0.15) is 25.3 Å². The molecule has 3 aromatic heterocycles. The summed E-state index contributed by atoms with van der Waals surface area (Å²) >= 11 is 0. The average molecular weight is 596 g/mol. The van der Waals surface area contributed by atoms with E-state index < -0.39 is 24.0 Å². The summed E-state index contributed by atoms with van der Waals surface area (Å²) in [5.74, 6) is -0.424. The molecule has 43 heavy (non-hydrogen) atoms. The number of alkyl halides is 2. The van der Waals surface area contributed by atoms with Gasteiger partial charge in [-0.3, -0.25) is 18.8 Å². The lowest BCUT2D eigenvalue weighted by Crippen LogP contribution is -2.50. The molecule has 6 rings (SSSR count). The summed E-state index contributed by atoms with van der Waals surface area (Å²) in [7, 11) is 2.11. The third-order valence-electron chi connectivity index (χ3n) is 8.55. The highest BCUT2D eigenvalue weighted by molar-refractivity contribution is 5.77. The predicted molar refractivity (Wildman–Crippen MR) is 155 cm³/mol. The molecule has 2 aliphatic heterocycles. The maximum atomic E-state index is 13.6. The largest absolute Gasteiger partial charge is 0.388 e. The van der Waals surface area contributed by atoms with Crippen LogP contribution in [0.4, 0.5) is 14.5 Å². The van der Waals surface area contributed by atoms with Crippen molar-refractivity contribution in [2.24, 2.45) is 0 Å². The molecule has 12 nitrogen and oxygen atoms in total. The molecule has 0 bridgehead atoms. The summed E-state index contributed by atoms with van der Waals surface area (Å²) in [5.41, 5.74) is 0.730. The van der Waals surface area contributed by atoms with Crippen molar-refractivity contribution < 1.29 is 18.7 Å². The number of piperazine rings is 1. The zero-order chi connectivity index (χ0) is 30.1. The van der Waals surface area contributed by atoms with Gasteiger partial charge in [-0.1, -0.05) is 6.07 Å². The van der Waals surface area contributed by atoms with E-state index in [1.165, 1.54) is 40.5 Å². The van der Waals surface area contributed by atoms with Gasteiger partial charge < -0.3 is 19.8 Å². The van der Waals surface area contributed by atoms with Gasteiger partial charge >= 0.3 is 0 Å². The van der Waals surface area contributed by atoms with Crippen LogP contribution in [0.15, 0.2) is 60.0 Å². The van der Waals surface area contributed by atoms with Gasteiger partial charge in [0.05, 0.1) is 30.5 Å². The number of amides is 1. The number of hydrogen-bond acceptors (Lipinski definition) is 8. The topological polar surface area (TPSA) is 118 Å². The second-order valence-electron chi connectivity index (χ2n) is 11.5. The lowest BCUT2D eigenvalue weighted by Gasteiger charge is -2.38. The zero-order valence-electron chi connectivity index (χ0n) is 24.0. The molecule has 0 spiro atoms. The van der Waals surface area contributed by atoms with E-state index in [4.69, 9.17) is 0 Å². The van der Waals surface area contributed by atoms with Crippen LogP contribution in [0, 0.1) is 0 Å². The maximum absolute atomic E-state index is 13.6. The number of likely N-dealkylation sites (tertiary alicyclic amines) is 1. The predicted octanol–water partition coefficient (Wildman–Crippen LogP) is 1.78. The number of aliphatic hydroxyl groups is 1. The highest BCUT2D eigenvalue weighted by Crippen LogP contribution is 2.27. The Kier molecular flexibility index (Phi) is 7.97. The van der Waals surface area contributed by atoms with E-state index >= 15 is 0 Å². The first-order valence-corrected chi connectivity index (χ1v) is 14.5. The van der Waals surface area contributed by atoms with Crippen LogP contribution in [0.3, 0.4) is 0 Å². The number of carbonyl (C=O) groups excluding carboxylic acids is 1. The highest BCUT2D eigenvalue weighted by Gasteiger charge is 2.36. The van der Waals surface area contributed by atoms with Gasteiger partial charge in [0.25, 0.3) is 12.0 Å². The van der Waals surface area contributed by atoms with Crippen LogP contribution in [0.2, 0.25) is 0 Å². The molecule has 4 aromatic rings. The van der Waals surface area contributed by atoms with Gasteiger partial charge in [-0.05, 0) is 44.2 Å². The molecule has 0 radical (unpaired) electrons. The SMILES string of the molecule is CN1CCN(c2cccc(-n3ncc4c(=O)n(CC5(O)CCN(C(=O)C[C@H](C(F)F)n6cccn6)CC5)cnc43)c2)CC1. The van der Waals surface area contributed by atoms with Crippen LogP contribution in [-0.4, -0.2) is 108 Å². The molecule has 1 N–H and O–H groups in total. The number of carbonyl (C=O) groups is 1. The van der Waals surface area contributed by atoms with Crippen molar-refractivity contribution in [1.82, 2.24) is 38.9 Å². The molecule has 1 atom stereocenters. The van der Waals surface area contributed by atoms with Gasteiger partial charge in [0.15, 0.2) is 5.65 Å². The Morgan fingerprint density at radius 2 is 1.79 bits per heavy atom. The van der Waals surface area contributed by atoms with Crippen LogP contribution < -0.4 is 10.5 Å². The van der Waals surface area contributed by atoms with Gasteiger partial charge in [-0.25, -0.2) is 18.4 Å². The van der Waals surface area contributed by atoms with E-state index in [0.717, 1.165) is 42.2 Å². The fraction of sp³-hybridized carbons (Fsp3) is 0.483. The standard InChI is InChI=1S/C29H35F2N9O3/c1-35-12-14-36(15-13-35)21-4-2-5-22(16-21)40-27-23(18-34-40)28(42)38(20-32-27)19-29(43)6-10-37(11-7-29)25(41)17-24(26(30)31)39-9-3-8-33-39/h2-5,8-9,16,18,20,24,26,43H,6-7,10-15,17,19H2,1H3/t24-/m1/s1. The number of nitrogens with zero attached hydrogens (tertiary/aromatic N) is 9. The first-order chi connectivity index (χ1) is 20.7. The first kappa shape index (κ1) is 28.9. The summed E-state index contributed by atoms with van der Waals surface area (Å²) in [5, 5.41) is 20.0. The van der Waals surface area contributed by atoms with E-state index in [1.807, 2.05) is 18.2 Å². The van der Waals surface area contributed by atoms with Crippen LogP contribution in [0.25, 0.3) is 16.7 Å². The molecular formula is C29H35F2N9O3. The molecule has 1 aromatic carbocycles. The molecule has 2 aliphatic rings. The van der Waals surface area contributed by atoms with Gasteiger partial charge in [-0.2, -0.15) is 10.2 Å². The van der Waals surface area contributed by atoms with Crippen molar-refractivity contribution in [3.05, 3.63) is 65.6 Å².